The van der Waals surface area contributed by atoms with E-state index < -0.39 is 11.9 Å². The Hall–Kier alpha value is -0.650. The van der Waals surface area contributed by atoms with Gasteiger partial charge in [0.1, 0.15) is 0 Å². The van der Waals surface area contributed by atoms with Crippen molar-refractivity contribution in [2.24, 2.45) is 11.5 Å². The van der Waals surface area contributed by atoms with Crippen molar-refractivity contribution in [1.29, 1.82) is 0 Å². The number of nitrogens with one attached hydrogen (secondary N) is 1. The lowest BCUT2D eigenvalue weighted by molar-refractivity contribution is -0.119. The largest absolute Gasteiger partial charge is 0.385 e. The predicted molar refractivity (Wildman–Crippen MR) is 51.1 cm³/mol. The van der Waals surface area contributed by atoms with Crippen LogP contribution in [-0.4, -0.2) is 38.8 Å². The summed E-state index contributed by atoms with van der Waals surface area (Å²) in [6.07, 6.45) is 2.02. The molecule has 0 aliphatic rings. The molecule has 0 radical (unpaired) electrons. The minimum absolute atomic E-state index is 0.447. The lowest BCUT2D eigenvalue weighted by atomic mass is 10.3. The summed E-state index contributed by atoms with van der Waals surface area (Å²) in [6.45, 7) is 2.05. The maximum atomic E-state index is 10.5. The van der Waals surface area contributed by atoms with E-state index in [4.69, 9.17) is 16.2 Å². The second-order valence-electron chi connectivity index (χ2n) is 2.91. The van der Waals surface area contributed by atoms with Gasteiger partial charge in [0.2, 0.25) is 5.91 Å². The van der Waals surface area contributed by atoms with E-state index in [1.807, 2.05) is 0 Å². The number of rotatable bonds is 8. The van der Waals surface area contributed by atoms with Gasteiger partial charge in [-0.25, -0.2) is 0 Å². The maximum Gasteiger partial charge on any atom is 0.235 e. The van der Waals surface area contributed by atoms with Gasteiger partial charge in [-0.05, 0) is 19.4 Å². The number of carbonyl (C=O) groups is 1. The molecule has 0 heterocycles. The van der Waals surface area contributed by atoms with Gasteiger partial charge in [0.25, 0.3) is 0 Å². The number of unbranched alkanes of at least 4 members (excludes halogenated alkanes) is 1. The smallest absolute Gasteiger partial charge is 0.235 e. The van der Waals surface area contributed by atoms with Crippen molar-refractivity contribution < 1.29 is 9.53 Å². The molecule has 1 amide bonds. The topological polar surface area (TPSA) is 90.4 Å². The van der Waals surface area contributed by atoms with E-state index in [9.17, 15) is 4.79 Å². The van der Waals surface area contributed by atoms with Crippen LogP contribution in [0.25, 0.3) is 0 Å². The number of ether oxygens (including phenoxy) is 1. The summed E-state index contributed by atoms with van der Waals surface area (Å²) in [5.74, 6) is -0.468. The van der Waals surface area contributed by atoms with Crippen LogP contribution in [0.15, 0.2) is 0 Å². The summed E-state index contributed by atoms with van der Waals surface area (Å²) in [6, 6.07) is -0.581. The van der Waals surface area contributed by atoms with Crippen molar-refractivity contribution >= 4 is 5.91 Å². The third kappa shape index (κ3) is 7.70. The minimum Gasteiger partial charge on any atom is -0.385 e. The van der Waals surface area contributed by atoms with Crippen molar-refractivity contribution in [2.45, 2.75) is 18.9 Å². The Kier molecular flexibility index (Phi) is 7.57. The van der Waals surface area contributed by atoms with Crippen molar-refractivity contribution in [3.05, 3.63) is 0 Å². The molecule has 0 bridgehead atoms. The molecule has 0 rings (SSSR count). The lowest BCUT2D eigenvalue weighted by Gasteiger charge is -2.08. The first-order valence-electron chi connectivity index (χ1n) is 4.43. The number of hydrogen-bond donors (Lipinski definition) is 3. The molecule has 13 heavy (non-hydrogen) atoms. The lowest BCUT2D eigenvalue weighted by Crippen LogP contribution is -2.44. The zero-order valence-electron chi connectivity index (χ0n) is 8.08. The first kappa shape index (κ1) is 12.3. The standard InChI is InChI=1S/C8H19N3O2/c1-13-5-3-2-4-11-6-7(9)8(10)12/h7,11H,2-6,9H2,1H3,(H2,10,12). The average molecular weight is 189 g/mol. The van der Waals surface area contributed by atoms with Crippen molar-refractivity contribution in [3.63, 3.8) is 0 Å². The number of methoxy groups -OCH3 is 1. The molecule has 1 atom stereocenters. The number of hydrogen-bond acceptors (Lipinski definition) is 4. The van der Waals surface area contributed by atoms with E-state index in [2.05, 4.69) is 5.32 Å². The molecule has 5 heteroatoms. The molecule has 0 aromatic heterocycles. The van der Waals surface area contributed by atoms with Crippen LogP contribution in [0.1, 0.15) is 12.8 Å². The Bertz CT molecular complexity index is 141. The molecule has 0 aliphatic heterocycles. The molecule has 0 saturated carbocycles. The minimum atomic E-state index is -0.581. The first-order chi connectivity index (χ1) is 6.18. The van der Waals surface area contributed by atoms with Crippen LogP contribution in [0.3, 0.4) is 0 Å². The number of carbonyl (C=O) groups excluding carboxylic acids is 1. The van der Waals surface area contributed by atoms with Gasteiger partial charge in [-0.2, -0.15) is 0 Å². The van der Waals surface area contributed by atoms with E-state index in [1.54, 1.807) is 7.11 Å². The zero-order valence-corrected chi connectivity index (χ0v) is 8.08. The van der Waals surface area contributed by atoms with Gasteiger partial charge < -0.3 is 21.5 Å². The molecule has 0 spiro atoms. The van der Waals surface area contributed by atoms with E-state index in [0.717, 1.165) is 26.0 Å². The Morgan fingerprint density at radius 2 is 2.23 bits per heavy atom. The van der Waals surface area contributed by atoms with Crippen molar-refractivity contribution in [3.8, 4) is 0 Å². The fraction of sp³-hybridized carbons (Fsp3) is 0.875. The van der Waals surface area contributed by atoms with Crippen LogP contribution in [-0.2, 0) is 9.53 Å². The van der Waals surface area contributed by atoms with Crippen molar-refractivity contribution in [2.75, 3.05) is 26.8 Å². The normalized spacial score (nSPS) is 12.8. The van der Waals surface area contributed by atoms with Gasteiger partial charge in [-0.3, -0.25) is 4.79 Å². The molecule has 5 nitrogen and oxygen atoms in total. The summed E-state index contributed by atoms with van der Waals surface area (Å²) in [4.78, 5) is 10.5. The Balaban J connectivity index is 3.11. The van der Waals surface area contributed by atoms with Gasteiger partial charge in [-0.1, -0.05) is 0 Å². The molecule has 0 fully saturated rings. The van der Waals surface area contributed by atoms with Gasteiger partial charge in [0, 0.05) is 20.3 Å². The summed E-state index contributed by atoms with van der Waals surface area (Å²) in [7, 11) is 1.68. The molecule has 0 aromatic rings. The molecular formula is C8H19N3O2. The summed E-state index contributed by atoms with van der Waals surface area (Å²) in [5.41, 5.74) is 10.4. The van der Waals surface area contributed by atoms with E-state index in [1.165, 1.54) is 0 Å². The third-order valence-corrected chi connectivity index (χ3v) is 1.68. The maximum absolute atomic E-state index is 10.5. The van der Waals surface area contributed by atoms with Crippen molar-refractivity contribution in [1.82, 2.24) is 5.32 Å². The summed E-state index contributed by atoms with van der Waals surface area (Å²) >= 11 is 0. The van der Waals surface area contributed by atoms with Gasteiger partial charge >= 0.3 is 0 Å². The van der Waals surface area contributed by atoms with E-state index >= 15 is 0 Å². The van der Waals surface area contributed by atoms with Crippen LogP contribution < -0.4 is 16.8 Å². The van der Waals surface area contributed by atoms with Gasteiger partial charge in [0.15, 0.2) is 0 Å². The first-order valence-corrected chi connectivity index (χ1v) is 4.43. The van der Waals surface area contributed by atoms with Crippen LogP contribution >= 0.6 is 0 Å². The molecule has 5 N–H and O–H groups in total. The highest BCUT2D eigenvalue weighted by Crippen LogP contribution is 1.86. The Labute approximate surface area is 78.8 Å². The molecule has 1 unspecified atom stereocenters. The van der Waals surface area contributed by atoms with E-state index in [-0.39, 0.29) is 0 Å². The Morgan fingerprint density at radius 1 is 1.54 bits per heavy atom. The second kappa shape index (κ2) is 7.97. The highest BCUT2D eigenvalue weighted by atomic mass is 16.5. The van der Waals surface area contributed by atoms with Crippen LogP contribution in [0.4, 0.5) is 0 Å². The molecule has 0 aliphatic carbocycles. The van der Waals surface area contributed by atoms with Crippen LogP contribution in [0.5, 0.6) is 0 Å². The average Bonchev–Trinajstić information content (AvgIpc) is 2.10. The van der Waals surface area contributed by atoms with E-state index in [0.29, 0.717) is 6.54 Å². The monoisotopic (exact) mass is 189 g/mol. The SMILES string of the molecule is COCCCCNCC(N)C(N)=O. The summed E-state index contributed by atoms with van der Waals surface area (Å²) < 4.78 is 4.88. The van der Waals surface area contributed by atoms with Crippen LogP contribution in [0, 0.1) is 0 Å². The molecular weight excluding hydrogens is 170 g/mol. The molecule has 78 valence electrons. The third-order valence-electron chi connectivity index (χ3n) is 1.68. The quantitative estimate of drug-likeness (QED) is 0.419. The summed E-state index contributed by atoms with van der Waals surface area (Å²) in [5, 5.41) is 3.04. The molecule has 0 saturated heterocycles. The predicted octanol–water partition coefficient (Wildman–Crippen LogP) is -1.18. The van der Waals surface area contributed by atoms with Crippen LogP contribution in [0.2, 0.25) is 0 Å². The fourth-order valence-electron chi connectivity index (χ4n) is 0.855. The molecule has 0 aromatic carbocycles. The fourth-order valence-corrected chi connectivity index (χ4v) is 0.855. The highest BCUT2D eigenvalue weighted by molar-refractivity contribution is 5.79. The van der Waals surface area contributed by atoms with Gasteiger partial charge in [0.05, 0.1) is 6.04 Å². The number of amides is 1. The zero-order chi connectivity index (χ0) is 10.1. The second-order valence-corrected chi connectivity index (χ2v) is 2.91. The highest BCUT2D eigenvalue weighted by Gasteiger charge is 2.06. The number of nitrogens with two attached hydrogens (primary N) is 2. The number of primary amides is 1. The Morgan fingerprint density at radius 3 is 2.77 bits per heavy atom. The van der Waals surface area contributed by atoms with Gasteiger partial charge in [-0.15, -0.1) is 0 Å².